The number of pyridine rings is 1. The molecule has 1 N–H and O–H groups in total. The summed E-state index contributed by atoms with van der Waals surface area (Å²) < 4.78 is 15.2. The summed E-state index contributed by atoms with van der Waals surface area (Å²) in [5.41, 5.74) is 1.28. The van der Waals surface area contributed by atoms with Crippen LogP contribution in [0.4, 0.5) is 4.39 Å². The molecular weight excluding hydrogens is 343 g/mol. The molecule has 3 aromatic rings. The third-order valence-corrected chi connectivity index (χ3v) is 3.84. The summed E-state index contributed by atoms with van der Waals surface area (Å²) in [6.45, 7) is 0.399. The molecule has 0 spiro atoms. The van der Waals surface area contributed by atoms with Gasteiger partial charge in [-0.3, -0.25) is 14.5 Å². The number of halogens is 2. The van der Waals surface area contributed by atoms with Crippen molar-refractivity contribution >= 4 is 17.5 Å². The van der Waals surface area contributed by atoms with Gasteiger partial charge in [-0.05, 0) is 29.8 Å². The average Bonchev–Trinajstić information content (AvgIpc) is 3.04. The van der Waals surface area contributed by atoms with E-state index in [0.717, 1.165) is 0 Å². The number of carbonyl (C=O) groups is 1. The van der Waals surface area contributed by atoms with Crippen LogP contribution in [0.15, 0.2) is 61.1 Å². The molecule has 1 unspecified atom stereocenters. The Balaban J connectivity index is 1.74. The molecule has 3 rings (SSSR count). The van der Waals surface area contributed by atoms with Gasteiger partial charge in [0.25, 0.3) is 0 Å². The number of hydrogen-bond acceptors (Lipinski definition) is 3. The molecule has 7 heteroatoms. The summed E-state index contributed by atoms with van der Waals surface area (Å²) in [5.74, 6) is -0.551. The molecule has 1 atom stereocenters. The Morgan fingerprint density at radius 3 is 2.84 bits per heavy atom. The molecule has 128 valence electrons. The third-order valence-electron chi connectivity index (χ3n) is 3.64. The maximum atomic E-state index is 13.6. The second-order valence-electron chi connectivity index (χ2n) is 5.48. The van der Waals surface area contributed by atoms with E-state index in [1.807, 2.05) is 6.07 Å². The molecule has 0 fully saturated rings. The van der Waals surface area contributed by atoms with Crippen LogP contribution < -0.4 is 5.32 Å². The topological polar surface area (TPSA) is 59.8 Å². The normalized spacial score (nSPS) is 11.9. The first-order valence-corrected chi connectivity index (χ1v) is 8.13. The van der Waals surface area contributed by atoms with Crippen LogP contribution in [0.25, 0.3) is 0 Å². The zero-order valence-electron chi connectivity index (χ0n) is 13.3. The lowest BCUT2D eigenvalue weighted by molar-refractivity contribution is -0.121. The molecule has 0 aliphatic carbocycles. The summed E-state index contributed by atoms with van der Waals surface area (Å²) in [4.78, 5) is 16.6. The van der Waals surface area contributed by atoms with Crippen molar-refractivity contribution in [1.29, 1.82) is 0 Å². The number of hydrogen-bond donors (Lipinski definition) is 1. The summed E-state index contributed by atoms with van der Waals surface area (Å²) in [6.07, 6.45) is 5.02. The molecule has 0 saturated carbocycles. The minimum absolute atomic E-state index is 0.188. The van der Waals surface area contributed by atoms with Crippen LogP contribution in [0.3, 0.4) is 0 Å². The fourth-order valence-electron chi connectivity index (χ4n) is 2.47. The van der Waals surface area contributed by atoms with Gasteiger partial charge in [0.05, 0.1) is 23.0 Å². The highest BCUT2D eigenvalue weighted by atomic mass is 35.5. The molecule has 2 aromatic heterocycles. The summed E-state index contributed by atoms with van der Waals surface area (Å²) in [6, 6.07) is 11.0. The lowest BCUT2D eigenvalue weighted by Crippen LogP contribution is -2.30. The first-order chi connectivity index (χ1) is 12.1. The van der Waals surface area contributed by atoms with Crippen molar-refractivity contribution in [3.8, 4) is 0 Å². The molecule has 0 aliphatic rings. The number of nitrogens with one attached hydrogen (secondary N) is 1. The Bertz CT molecular complexity index is 853. The smallest absolute Gasteiger partial charge is 0.222 e. The van der Waals surface area contributed by atoms with Gasteiger partial charge in [0.2, 0.25) is 5.91 Å². The first-order valence-electron chi connectivity index (χ1n) is 7.75. The fraction of sp³-hybridized carbons (Fsp3) is 0.167. The van der Waals surface area contributed by atoms with E-state index in [0.29, 0.717) is 22.8 Å². The first kappa shape index (κ1) is 17.1. The van der Waals surface area contributed by atoms with E-state index >= 15 is 0 Å². The number of rotatable bonds is 6. The summed E-state index contributed by atoms with van der Waals surface area (Å²) in [5, 5.41) is 7.47. The molecule has 1 aromatic carbocycles. The van der Waals surface area contributed by atoms with Crippen molar-refractivity contribution in [3.63, 3.8) is 0 Å². The van der Waals surface area contributed by atoms with E-state index in [1.54, 1.807) is 41.3 Å². The second kappa shape index (κ2) is 7.90. The van der Waals surface area contributed by atoms with E-state index in [4.69, 9.17) is 11.6 Å². The van der Waals surface area contributed by atoms with Gasteiger partial charge in [0.1, 0.15) is 5.82 Å². The fourth-order valence-corrected chi connectivity index (χ4v) is 2.63. The Labute approximate surface area is 149 Å². The molecule has 2 heterocycles. The predicted octanol–water partition coefficient (Wildman–Crippen LogP) is 3.37. The minimum atomic E-state index is -0.523. The van der Waals surface area contributed by atoms with E-state index in [9.17, 15) is 9.18 Å². The Hall–Kier alpha value is -2.73. The van der Waals surface area contributed by atoms with E-state index in [2.05, 4.69) is 15.4 Å². The van der Waals surface area contributed by atoms with Crippen LogP contribution in [-0.2, 0) is 11.3 Å². The highest BCUT2D eigenvalue weighted by Crippen LogP contribution is 2.21. The van der Waals surface area contributed by atoms with Gasteiger partial charge in [-0.25, -0.2) is 4.39 Å². The van der Waals surface area contributed by atoms with Gasteiger partial charge in [-0.2, -0.15) is 5.10 Å². The molecule has 0 bridgehead atoms. The standard InChI is InChI=1S/C18H16ClFN4O/c19-14-11-22-24(12-14)9-7-17(25)23-18(16-6-1-2-8-21-16)13-4-3-5-15(20)10-13/h1-6,8,10-12,18H,7,9H2,(H,23,25). The summed E-state index contributed by atoms with van der Waals surface area (Å²) in [7, 11) is 0. The molecule has 0 saturated heterocycles. The van der Waals surface area contributed by atoms with Crippen molar-refractivity contribution in [3.05, 3.63) is 83.2 Å². The van der Waals surface area contributed by atoms with E-state index in [-0.39, 0.29) is 18.1 Å². The number of aryl methyl sites for hydroxylation is 1. The average molecular weight is 359 g/mol. The lowest BCUT2D eigenvalue weighted by Gasteiger charge is -2.19. The van der Waals surface area contributed by atoms with Crippen LogP contribution in [0.1, 0.15) is 23.7 Å². The Morgan fingerprint density at radius 1 is 1.28 bits per heavy atom. The van der Waals surface area contributed by atoms with Crippen molar-refractivity contribution < 1.29 is 9.18 Å². The van der Waals surface area contributed by atoms with Crippen LogP contribution in [0.2, 0.25) is 5.02 Å². The van der Waals surface area contributed by atoms with Crippen molar-refractivity contribution in [2.45, 2.75) is 19.0 Å². The molecule has 1 amide bonds. The predicted molar refractivity (Wildman–Crippen MR) is 92.5 cm³/mol. The van der Waals surface area contributed by atoms with Crippen molar-refractivity contribution in [2.75, 3.05) is 0 Å². The quantitative estimate of drug-likeness (QED) is 0.735. The van der Waals surface area contributed by atoms with Gasteiger partial charge in [-0.15, -0.1) is 0 Å². The number of amides is 1. The van der Waals surface area contributed by atoms with Gasteiger partial charge < -0.3 is 5.32 Å². The van der Waals surface area contributed by atoms with E-state index < -0.39 is 6.04 Å². The van der Waals surface area contributed by atoms with Gasteiger partial charge in [-0.1, -0.05) is 29.8 Å². The molecule has 5 nitrogen and oxygen atoms in total. The van der Waals surface area contributed by atoms with Crippen LogP contribution in [0, 0.1) is 5.82 Å². The number of aromatic nitrogens is 3. The number of nitrogens with zero attached hydrogens (tertiary/aromatic N) is 3. The molecule has 25 heavy (non-hydrogen) atoms. The largest absolute Gasteiger partial charge is 0.344 e. The summed E-state index contributed by atoms with van der Waals surface area (Å²) >= 11 is 5.81. The zero-order valence-corrected chi connectivity index (χ0v) is 14.0. The van der Waals surface area contributed by atoms with Gasteiger partial charge in [0, 0.05) is 25.4 Å². The van der Waals surface area contributed by atoms with Crippen LogP contribution >= 0.6 is 11.6 Å². The maximum absolute atomic E-state index is 13.6. The second-order valence-corrected chi connectivity index (χ2v) is 5.92. The number of carbonyl (C=O) groups excluding carboxylic acids is 1. The van der Waals surface area contributed by atoms with Crippen molar-refractivity contribution in [2.24, 2.45) is 0 Å². The maximum Gasteiger partial charge on any atom is 0.222 e. The Kier molecular flexibility index (Phi) is 5.40. The number of benzene rings is 1. The monoisotopic (exact) mass is 358 g/mol. The highest BCUT2D eigenvalue weighted by Gasteiger charge is 2.18. The molecule has 0 aliphatic heterocycles. The van der Waals surface area contributed by atoms with Crippen molar-refractivity contribution in [1.82, 2.24) is 20.1 Å². The SMILES string of the molecule is O=C(CCn1cc(Cl)cn1)NC(c1cccc(F)c1)c1ccccn1. The molecular formula is C18H16ClFN4O. The lowest BCUT2D eigenvalue weighted by atomic mass is 10.0. The van der Waals surface area contributed by atoms with Crippen LogP contribution in [-0.4, -0.2) is 20.7 Å². The van der Waals surface area contributed by atoms with Gasteiger partial charge in [0.15, 0.2) is 0 Å². The zero-order chi connectivity index (χ0) is 17.6. The molecule has 0 radical (unpaired) electrons. The Morgan fingerprint density at radius 2 is 2.16 bits per heavy atom. The van der Waals surface area contributed by atoms with Gasteiger partial charge >= 0.3 is 0 Å². The third kappa shape index (κ3) is 4.64. The van der Waals surface area contributed by atoms with Crippen LogP contribution in [0.5, 0.6) is 0 Å². The highest BCUT2D eigenvalue weighted by molar-refractivity contribution is 6.30. The minimum Gasteiger partial charge on any atom is -0.344 e. The van der Waals surface area contributed by atoms with E-state index in [1.165, 1.54) is 18.3 Å².